The number of hydrogen-bond acceptors (Lipinski definition) is 4. The summed E-state index contributed by atoms with van der Waals surface area (Å²) < 4.78 is 81.9. The molecular formula is C27H27F6N5O2. The van der Waals surface area contributed by atoms with Gasteiger partial charge in [0.05, 0.1) is 17.7 Å². The van der Waals surface area contributed by atoms with Crippen molar-refractivity contribution in [1.82, 2.24) is 24.2 Å². The molecule has 7 nitrogen and oxygen atoms in total. The Labute approximate surface area is 224 Å². The van der Waals surface area contributed by atoms with E-state index in [-0.39, 0.29) is 29.6 Å². The SMILES string of the molecule is O=c1[nH]c(=O)n(CCCN2C[C@@H]3C[C@]3(c3ccc(C(F)(F)F)cc3)C2)cc1-n1ncc2c1CCCC2C(F)(F)F. The molecule has 0 spiro atoms. The van der Waals surface area contributed by atoms with E-state index in [1.807, 2.05) is 0 Å². The fourth-order valence-electron chi connectivity index (χ4n) is 6.58. The van der Waals surface area contributed by atoms with Crippen LogP contribution in [0.3, 0.4) is 0 Å². The zero-order chi connectivity index (χ0) is 28.4. The van der Waals surface area contributed by atoms with Gasteiger partial charge < -0.3 is 4.90 Å². The number of halogens is 6. The van der Waals surface area contributed by atoms with Gasteiger partial charge in [-0.05, 0) is 62.3 Å². The number of benzene rings is 1. The van der Waals surface area contributed by atoms with Crippen LogP contribution in [0.15, 0.2) is 46.2 Å². The minimum atomic E-state index is -4.41. The third-order valence-corrected chi connectivity index (χ3v) is 8.68. The highest BCUT2D eigenvalue weighted by molar-refractivity contribution is 5.39. The number of nitrogens with one attached hydrogen (secondary N) is 1. The number of aromatic amines is 1. The predicted molar refractivity (Wildman–Crippen MR) is 132 cm³/mol. The van der Waals surface area contributed by atoms with Crippen LogP contribution in [0, 0.1) is 5.92 Å². The highest BCUT2D eigenvalue weighted by atomic mass is 19.4. The first-order chi connectivity index (χ1) is 18.9. The van der Waals surface area contributed by atoms with Crippen LogP contribution in [-0.4, -0.2) is 50.0 Å². The highest BCUT2D eigenvalue weighted by Crippen LogP contribution is 2.59. The minimum absolute atomic E-state index is 0.00709. The maximum Gasteiger partial charge on any atom is 0.416 e. The zero-order valence-corrected chi connectivity index (χ0v) is 21.4. The molecule has 2 fully saturated rings. The fraction of sp³-hybridized carbons (Fsp3) is 0.519. The summed E-state index contributed by atoms with van der Waals surface area (Å²) in [5, 5.41) is 4.09. The van der Waals surface area contributed by atoms with Crippen LogP contribution < -0.4 is 11.2 Å². The van der Waals surface area contributed by atoms with Gasteiger partial charge in [-0.15, -0.1) is 0 Å². The average molecular weight is 568 g/mol. The lowest BCUT2D eigenvalue weighted by molar-refractivity contribution is -0.153. The molecular weight excluding hydrogens is 540 g/mol. The number of aryl methyl sites for hydroxylation is 1. The summed E-state index contributed by atoms with van der Waals surface area (Å²) in [7, 11) is 0. The first kappa shape index (κ1) is 26.9. The second-order valence-corrected chi connectivity index (χ2v) is 11.1. The first-order valence-electron chi connectivity index (χ1n) is 13.2. The van der Waals surface area contributed by atoms with Crippen molar-refractivity contribution in [1.29, 1.82) is 0 Å². The van der Waals surface area contributed by atoms with Crippen LogP contribution >= 0.6 is 0 Å². The summed E-state index contributed by atoms with van der Waals surface area (Å²) in [5.41, 5.74) is -0.856. The maximum atomic E-state index is 13.5. The lowest BCUT2D eigenvalue weighted by Gasteiger charge is -2.25. The van der Waals surface area contributed by atoms with Crippen molar-refractivity contribution in [3.8, 4) is 5.69 Å². The van der Waals surface area contributed by atoms with Crippen molar-refractivity contribution in [2.45, 2.75) is 62.3 Å². The molecule has 2 aliphatic carbocycles. The Kier molecular flexibility index (Phi) is 6.28. The van der Waals surface area contributed by atoms with E-state index < -0.39 is 35.1 Å². The second-order valence-electron chi connectivity index (χ2n) is 11.1. The van der Waals surface area contributed by atoms with Crippen molar-refractivity contribution in [2.75, 3.05) is 19.6 Å². The average Bonchev–Trinajstić information content (AvgIpc) is 3.23. The molecule has 40 heavy (non-hydrogen) atoms. The molecule has 6 rings (SSSR count). The Morgan fingerprint density at radius 3 is 2.50 bits per heavy atom. The molecule has 3 atom stereocenters. The van der Waals surface area contributed by atoms with Crippen molar-refractivity contribution in [3.63, 3.8) is 0 Å². The highest BCUT2D eigenvalue weighted by Gasteiger charge is 2.60. The number of aromatic nitrogens is 4. The van der Waals surface area contributed by atoms with Crippen LogP contribution in [-0.2, 0) is 24.6 Å². The van der Waals surface area contributed by atoms with E-state index in [0.29, 0.717) is 44.0 Å². The largest absolute Gasteiger partial charge is 0.416 e. The maximum absolute atomic E-state index is 13.5. The molecule has 0 bridgehead atoms. The summed E-state index contributed by atoms with van der Waals surface area (Å²) >= 11 is 0. The minimum Gasteiger partial charge on any atom is -0.302 e. The smallest absolute Gasteiger partial charge is 0.302 e. The van der Waals surface area contributed by atoms with E-state index in [2.05, 4.69) is 15.0 Å². The first-order valence-corrected chi connectivity index (χ1v) is 13.2. The van der Waals surface area contributed by atoms with E-state index in [9.17, 15) is 35.9 Å². The molecule has 0 amide bonds. The zero-order valence-electron chi connectivity index (χ0n) is 21.4. The molecule has 0 radical (unpaired) electrons. The quantitative estimate of drug-likeness (QED) is 0.449. The van der Waals surface area contributed by atoms with Gasteiger partial charge in [-0.2, -0.15) is 31.4 Å². The van der Waals surface area contributed by atoms with Crippen LogP contribution in [0.1, 0.15) is 54.0 Å². The van der Waals surface area contributed by atoms with Crippen LogP contribution in [0.2, 0.25) is 0 Å². The number of alkyl halides is 6. The van der Waals surface area contributed by atoms with Gasteiger partial charge >= 0.3 is 18.0 Å². The Balaban J connectivity index is 1.13. The third kappa shape index (κ3) is 4.67. The summed E-state index contributed by atoms with van der Waals surface area (Å²) in [6, 6.07) is 5.39. The van der Waals surface area contributed by atoms with Gasteiger partial charge in [0.1, 0.15) is 5.69 Å². The normalized spacial score (nSPS) is 24.6. The van der Waals surface area contributed by atoms with E-state index in [4.69, 9.17) is 0 Å². The number of fused-ring (bicyclic) bond motifs is 2. The van der Waals surface area contributed by atoms with E-state index >= 15 is 0 Å². The standard InChI is InChI=1S/C27H27F6N5O2/c28-26(29,30)17-7-5-16(6-8-17)25-11-18(25)13-36(15-25)9-2-10-37-14-22(23(39)35-24(37)40)38-21-4-1-3-20(27(31,32)33)19(21)12-34-38/h5-8,12,14,18,20H,1-4,9-11,13,15H2,(H,35,39,40)/t18-,20?,25+/m0/s1. The number of nitrogens with zero attached hydrogens (tertiary/aromatic N) is 4. The summed E-state index contributed by atoms with van der Waals surface area (Å²) in [6.45, 7) is 2.44. The molecule has 1 aromatic carbocycles. The number of piperidine rings is 1. The molecule has 3 aliphatic rings. The number of H-pyrrole nitrogens is 1. The molecule has 1 saturated carbocycles. The van der Waals surface area contributed by atoms with Crippen LogP contribution in [0.25, 0.3) is 5.69 Å². The molecule has 3 aromatic rings. The molecule has 1 unspecified atom stereocenters. The Morgan fingerprint density at radius 2 is 1.80 bits per heavy atom. The molecule has 13 heteroatoms. The second kappa shape index (κ2) is 9.35. The summed E-state index contributed by atoms with van der Waals surface area (Å²) in [5.74, 6) is -1.26. The van der Waals surface area contributed by atoms with Gasteiger partial charge in [0.15, 0.2) is 0 Å². The lowest BCUT2D eigenvalue weighted by Crippen LogP contribution is -2.34. The van der Waals surface area contributed by atoms with E-state index in [1.165, 1.54) is 15.4 Å². The van der Waals surface area contributed by atoms with Gasteiger partial charge in [-0.25, -0.2) is 9.48 Å². The number of hydrogen-bond donors (Lipinski definition) is 1. The molecule has 1 aliphatic heterocycles. The van der Waals surface area contributed by atoms with Gasteiger partial charge in [0, 0.05) is 42.5 Å². The van der Waals surface area contributed by atoms with Gasteiger partial charge in [-0.3, -0.25) is 14.3 Å². The number of likely N-dealkylation sites (tertiary alicyclic amines) is 1. The third-order valence-electron chi connectivity index (χ3n) is 8.68. The Bertz CT molecular complexity index is 1540. The molecule has 1 saturated heterocycles. The number of rotatable bonds is 6. The molecule has 2 aromatic heterocycles. The Morgan fingerprint density at radius 1 is 1.05 bits per heavy atom. The molecule has 3 heterocycles. The predicted octanol–water partition coefficient (Wildman–Crippen LogP) is 4.39. The van der Waals surface area contributed by atoms with Crippen molar-refractivity contribution >= 4 is 0 Å². The monoisotopic (exact) mass is 567 g/mol. The van der Waals surface area contributed by atoms with Crippen molar-refractivity contribution < 1.29 is 26.3 Å². The molecule has 214 valence electrons. The van der Waals surface area contributed by atoms with E-state index in [1.54, 1.807) is 12.1 Å². The van der Waals surface area contributed by atoms with Gasteiger partial charge in [0.2, 0.25) is 0 Å². The van der Waals surface area contributed by atoms with E-state index in [0.717, 1.165) is 36.9 Å². The fourth-order valence-corrected chi connectivity index (χ4v) is 6.58. The Hall–Kier alpha value is -3.35. The van der Waals surface area contributed by atoms with Crippen molar-refractivity contribution in [3.05, 3.63) is 79.9 Å². The lowest BCUT2D eigenvalue weighted by atomic mass is 9.86. The molecule has 1 N–H and O–H groups in total. The van der Waals surface area contributed by atoms with Gasteiger partial charge in [-0.1, -0.05) is 12.1 Å². The van der Waals surface area contributed by atoms with Crippen LogP contribution in [0.4, 0.5) is 26.3 Å². The van der Waals surface area contributed by atoms with Gasteiger partial charge in [0.25, 0.3) is 5.56 Å². The van der Waals surface area contributed by atoms with Crippen molar-refractivity contribution in [2.24, 2.45) is 5.92 Å². The summed E-state index contributed by atoms with van der Waals surface area (Å²) in [4.78, 5) is 29.6. The van der Waals surface area contributed by atoms with Crippen LogP contribution in [0.5, 0.6) is 0 Å². The summed E-state index contributed by atoms with van der Waals surface area (Å²) in [6.07, 6.45) is -4.16. The topological polar surface area (TPSA) is 75.9 Å².